The normalized spacial score (nSPS) is 17.8. The Bertz CT molecular complexity index is 491. The number of hydrogen-bond acceptors (Lipinski definition) is 3. The van der Waals surface area contributed by atoms with Gasteiger partial charge in [-0.25, -0.2) is 0 Å². The van der Waals surface area contributed by atoms with Gasteiger partial charge in [0.15, 0.2) is 6.61 Å². The summed E-state index contributed by atoms with van der Waals surface area (Å²) < 4.78 is 5.54. The fourth-order valence-corrected chi connectivity index (χ4v) is 2.93. The monoisotopic (exact) mass is 330 g/mol. The van der Waals surface area contributed by atoms with Gasteiger partial charge in [0.2, 0.25) is 0 Å². The van der Waals surface area contributed by atoms with Gasteiger partial charge in [0, 0.05) is 24.2 Å². The first kappa shape index (κ1) is 16.4. The number of hydrogen-bond donors (Lipinski definition) is 1. The van der Waals surface area contributed by atoms with E-state index < -0.39 is 0 Å². The number of ether oxygens (including phenoxy) is 1. The molecule has 1 aromatic carbocycles. The summed E-state index contributed by atoms with van der Waals surface area (Å²) in [7, 11) is 0. The third-order valence-corrected chi connectivity index (χ3v) is 4.04. The zero-order valence-corrected chi connectivity index (χ0v) is 13.6. The van der Waals surface area contributed by atoms with Crippen LogP contribution in [0, 0.1) is 0 Å². The van der Waals surface area contributed by atoms with E-state index in [1.165, 1.54) is 0 Å². The van der Waals surface area contributed by atoms with Gasteiger partial charge in [-0.1, -0.05) is 30.1 Å². The van der Waals surface area contributed by atoms with Crippen molar-refractivity contribution in [1.82, 2.24) is 10.2 Å². The van der Waals surface area contributed by atoms with E-state index in [4.69, 9.17) is 27.9 Å². The fraction of sp³-hybridized carbons (Fsp3) is 0.533. The number of carbonyl (C=O) groups is 1. The standard InChI is InChI=1S/C15H20Cl2N2O2/c1-2-7-19(12-5-6-18-9-12)15(20)10-21-14-4-3-11(16)8-13(14)17/h3-4,8,12,18H,2,5-7,9-10H2,1H3. The average molecular weight is 331 g/mol. The van der Waals surface area contributed by atoms with Crippen molar-refractivity contribution in [2.24, 2.45) is 0 Å². The van der Waals surface area contributed by atoms with Crippen molar-refractivity contribution in [3.05, 3.63) is 28.2 Å². The fourth-order valence-electron chi connectivity index (χ4n) is 2.47. The van der Waals surface area contributed by atoms with Crippen LogP contribution in [0.5, 0.6) is 5.75 Å². The summed E-state index contributed by atoms with van der Waals surface area (Å²) in [5.74, 6) is 0.479. The second-order valence-electron chi connectivity index (χ2n) is 5.10. The Hall–Kier alpha value is -0.970. The van der Waals surface area contributed by atoms with E-state index >= 15 is 0 Å². The molecular weight excluding hydrogens is 311 g/mol. The predicted molar refractivity (Wildman–Crippen MR) is 85.2 cm³/mol. The van der Waals surface area contributed by atoms with Crippen molar-refractivity contribution in [1.29, 1.82) is 0 Å². The maximum absolute atomic E-state index is 12.4. The molecule has 2 rings (SSSR count). The zero-order valence-electron chi connectivity index (χ0n) is 12.1. The first-order valence-corrected chi connectivity index (χ1v) is 7.95. The van der Waals surface area contributed by atoms with Crippen molar-refractivity contribution in [2.45, 2.75) is 25.8 Å². The van der Waals surface area contributed by atoms with Crippen LogP contribution in [0.15, 0.2) is 18.2 Å². The quantitative estimate of drug-likeness (QED) is 0.871. The maximum atomic E-state index is 12.4. The number of carbonyl (C=O) groups excluding carboxylic acids is 1. The van der Waals surface area contributed by atoms with Crippen molar-refractivity contribution in [3.63, 3.8) is 0 Å². The van der Waals surface area contributed by atoms with E-state index in [-0.39, 0.29) is 18.6 Å². The minimum absolute atomic E-state index is 0.00213. The van der Waals surface area contributed by atoms with E-state index in [0.29, 0.717) is 15.8 Å². The Labute approximate surface area is 135 Å². The molecule has 0 aliphatic carbocycles. The Morgan fingerprint density at radius 3 is 2.90 bits per heavy atom. The van der Waals surface area contributed by atoms with Gasteiger partial charge in [0.25, 0.3) is 5.91 Å². The highest BCUT2D eigenvalue weighted by atomic mass is 35.5. The molecule has 1 atom stereocenters. The topological polar surface area (TPSA) is 41.6 Å². The molecule has 21 heavy (non-hydrogen) atoms. The SMILES string of the molecule is CCCN(C(=O)COc1ccc(Cl)cc1Cl)C1CCNC1. The molecule has 1 fully saturated rings. The van der Waals surface area contributed by atoms with Crippen LogP contribution in [0.4, 0.5) is 0 Å². The van der Waals surface area contributed by atoms with Gasteiger partial charge >= 0.3 is 0 Å². The van der Waals surface area contributed by atoms with Gasteiger partial charge in [-0.15, -0.1) is 0 Å². The number of amides is 1. The molecule has 1 saturated heterocycles. The summed E-state index contributed by atoms with van der Waals surface area (Å²) >= 11 is 11.9. The van der Waals surface area contributed by atoms with Gasteiger partial charge in [-0.2, -0.15) is 0 Å². The largest absolute Gasteiger partial charge is 0.482 e. The summed E-state index contributed by atoms with van der Waals surface area (Å²) in [6.07, 6.45) is 1.93. The van der Waals surface area contributed by atoms with Gasteiger partial charge in [0.05, 0.1) is 5.02 Å². The Morgan fingerprint density at radius 1 is 1.48 bits per heavy atom. The first-order chi connectivity index (χ1) is 10.1. The van der Waals surface area contributed by atoms with E-state index in [9.17, 15) is 4.79 Å². The molecule has 1 heterocycles. The average Bonchev–Trinajstić information content (AvgIpc) is 2.97. The number of nitrogens with zero attached hydrogens (tertiary/aromatic N) is 1. The Morgan fingerprint density at radius 2 is 2.29 bits per heavy atom. The lowest BCUT2D eigenvalue weighted by Gasteiger charge is -2.28. The lowest BCUT2D eigenvalue weighted by molar-refractivity contribution is -0.135. The predicted octanol–water partition coefficient (Wildman–Crippen LogP) is 2.97. The minimum Gasteiger partial charge on any atom is -0.482 e. The zero-order chi connectivity index (χ0) is 15.2. The highest BCUT2D eigenvalue weighted by Gasteiger charge is 2.26. The molecule has 4 nitrogen and oxygen atoms in total. The van der Waals surface area contributed by atoms with Crippen molar-refractivity contribution >= 4 is 29.1 Å². The molecule has 0 radical (unpaired) electrons. The van der Waals surface area contributed by atoms with Gasteiger partial charge < -0.3 is 15.0 Å². The summed E-state index contributed by atoms with van der Waals surface area (Å²) in [5, 5.41) is 4.25. The molecule has 1 aromatic rings. The van der Waals surface area contributed by atoms with E-state index in [1.807, 2.05) is 4.90 Å². The number of halogens is 2. The molecule has 0 aromatic heterocycles. The second-order valence-corrected chi connectivity index (χ2v) is 5.94. The molecule has 1 unspecified atom stereocenters. The Balaban J connectivity index is 1.95. The van der Waals surface area contributed by atoms with E-state index in [1.54, 1.807) is 18.2 Å². The molecule has 1 amide bonds. The number of rotatable bonds is 6. The first-order valence-electron chi connectivity index (χ1n) is 7.20. The summed E-state index contributed by atoms with van der Waals surface area (Å²) in [6, 6.07) is 5.24. The molecule has 1 N–H and O–H groups in total. The van der Waals surface area contributed by atoms with Crippen molar-refractivity contribution in [3.8, 4) is 5.75 Å². The molecule has 0 saturated carbocycles. The molecule has 0 spiro atoms. The van der Waals surface area contributed by atoms with Gasteiger partial charge in [-0.05, 0) is 37.6 Å². The smallest absolute Gasteiger partial charge is 0.260 e. The third kappa shape index (κ3) is 4.50. The number of nitrogens with one attached hydrogen (secondary N) is 1. The van der Waals surface area contributed by atoms with Gasteiger partial charge in [-0.3, -0.25) is 4.79 Å². The molecule has 1 aliphatic heterocycles. The molecule has 6 heteroatoms. The molecule has 0 bridgehead atoms. The van der Waals surface area contributed by atoms with E-state index in [0.717, 1.165) is 32.5 Å². The Kier molecular flexibility index (Phi) is 6.15. The summed E-state index contributed by atoms with van der Waals surface area (Å²) in [4.78, 5) is 14.3. The van der Waals surface area contributed by atoms with Crippen LogP contribution in [0.1, 0.15) is 19.8 Å². The third-order valence-electron chi connectivity index (χ3n) is 3.51. The highest BCUT2D eigenvalue weighted by Crippen LogP contribution is 2.27. The van der Waals surface area contributed by atoms with E-state index in [2.05, 4.69) is 12.2 Å². The molecular formula is C15H20Cl2N2O2. The van der Waals surface area contributed by atoms with Crippen LogP contribution in [0.3, 0.4) is 0 Å². The highest BCUT2D eigenvalue weighted by molar-refractivity contribution is 6.35. The lowest BCUT2D eigenvalue weighted by atomic mass is 10.2. The lowest BCUT2D eigenvalue weighted by Crippen LogP contribution is -2.44. The van der Waals surface area contributed by atoms with Crippen molar-refractivity contribution < 1.29 is 9.53 Å². The second kappa shape index (κ2) is 7.87. The van der Waals surface area contributed by atoms with Crippen LogP contribution in [0.2, 0.25) is 10.0 Å². The minimum atomic E-state index is -0.00318. The van der Waals surface area contributed by atoms with Crippen LogP contribution in [-0.4, -0.2) is 43.1 Å². The molecule has 1 aliphatic rings. The summed E-state index contributed by atoms with van der Waals surface area (Å²) in [6.45, 7) is 4.63. The summed E-state index contributed by atoms with van der Waals surface area (Å²) in [5.41, 5.74) is 0. The maximum Gasteiger partial charge on any atom is 0.260 e. The molecule has 116 valence electrons. The van der Waals surface area contributed by atoms with Crippen LogP contribution in [0.25, 0.3) is 0 Å². The van der Waals surface area contributed by atoms with Crippen LogP contribution < -0.4 is 10.1 Å². The van der Waals surface area contributed by atoms with Crippen molar-refractivity contribution in [2.75, 3.05) is 26.2 Å². The van der Waals surface area contributed by atoms with Crippen LogP contribution >= 0.6 is 23.2 Å². The number of benzene rings is 1. The van der Waals surface area contributed by atoms with Gasteiger partial charge in [0.1, 0.15) is 5.75 Å². The van der Waals surface area contributed by atoms with Crippen LogP contribution in [-0.2, 0) is 4.79 Å².